The average Bonchev–Trinajstić information content (AvgIpc) is 2.75. The van der Waals surface area contributed by atoms with Gasteiger partial charge in [-0.2, -0.15) is 0 Å². The van der Waals surface area contributed by atoms with Crippen molar-refractivity contribution in [2.45, 2.75) is 44.8 Å². The van der Waals surface area contributed by atoms with Crippen LogP contribution in [-0.4, -0.2) is 16.0 Å². The zero-order valence-corrected chi connectivity index (χ0v) is 16.5. The fraction of sp³-hybridized carbons (Fsp3) is 0.304. The Hall–Kier alpha value is -2.59. The number of pyridine rings is 2. The number of nitrogens with zero attached hydrogens (tertiary/aromatic N) is 2. The number of nitrogens with one attached hydrogen (secondary N) is 1. The molecule has 0 unspecified atom stereocenters. The van der Waals surface area contributed by atoms with Crippen molar-refractivity contribution in [3.8, 4) is 16.9 Å². The first kappa shape index (κ1) is 18.8. The van der Waals surface area contributed by atoms with E-state index in [4.69, 9.17) is 16.3 Å². The summed E-state index contributed by atoms with van der Waals surface area (Å²) in [5, 5.41) is 4.21. The molecule has 4 rings (SSSR count). The third-order valence-corrected chi connectivity index (χ3v) is 5.41. The molecular formula is C23H24ClN3O. The molecule has 144 valence electrons. The lowest BCUT2D eigenvalue weighted by Crippen LogP contribution is -2.22. The molecule has 0 spiro atoms. The van der Waals surface area contributed by atoms with Gasteiger partial charge in [-0.3, -0.25) is 4.98 Å². The summed E-state index contributed by atoms with van der Waals surface area (Å²) in [5.74, 6) is 1.69. The molecule has 0 amide bonds. The second kappa shape index (κ2) is 9.07. The number of hydrogen-bond donors (Lipinski definition) is 1. The van der Waals surface area contributed by atoms with E-state index in [-0.39, 0.29) is 0 Å². The maximum Gasteiger partial charge on any atom is 0.126 e. The molecule has 3 aromatic rings. The minimum Gasteiger partial charge on any atom is -0.489 e. The van der Waals surface area contributed by atoms with Gasteiger partial charge in [0.05, 0.1) is 5.02 Å². The van der Waals surface area contributed by atoms with Crippen molar-refractivity contribution in [1.29, 1.82) is 0 Å². The first-order valence-electron chi connectivity index (χ1n) is 9.82. The van der Waals surface area contributed by atoms with Crippen LogP contribution in [0.15, 0.2) is 61.1 Å². The summed E-state index contributed by atoms with van der Waals surface area (Å²) >= 11 is 6.46. The Morgan fingerprint density at radius 1 is 1.04 bits per heavy atom. The molecule has 1 N–H and O–H groups in total. The van der Waals surface area contributed by atoms with Crippen molar-refractivity contribution < 1.29 is 4.74 Å². The summed E-state index contributed by atoms with van der Waals surface area (Å²) in [5.41, 5.74) is 3.07. The first-order valence-corrected chi connectivity index (χ1v) is 10.2. The van der Waals surface area contributed by atoms with Crippen molar-refractivity contribution in [2.75, 3.05) is 5.32 Å². The Morgan fingerprint density at radius 2 is 1.86 bits per heavy atom. The smallest absolute Gasteiger partial charge is 0.126 e. The summed E-state index contributed by atoms with van der Waals surface area (Å²) in [7, 11) is 0. The van der Waals surface area contributed by atoms with Crippen molar-refractivity contribution in [1.82, 2.24) is 9.97 Å². The molecule has 1 aromatic carbocycles. The number of rotatable bonds is 6. The van der Waals surface area contributed by atoms with Gasteiger partial charge in [0.1, 0.15) is 18.2 Å². The fourth-order valence-electron chi connectivity index (χ4n) is 3.59. The van der Waals surface area contributed by atoms with Crippen LogP contribution >= 0.6 is 11.6 Å². The number of aromatic nitrogens is 2. The van der Waals surface area contributed by atoms with E-state index in [0.717, 1.165) is 28.3 Å². The van der Waals surface area contributed by atoms with Crippen LogP contribution in [0.1, 0.15) is 37.7 Å². The van der Waals surface area contributed by atoms with Crippen LogP contribution in [0, 0.1) is 0 Å². The van der Waals surface area contributed by atoms with E-state index in [9.17, 15) is 0 Å². The minimum atomic E-state index is 0.505. The predicted octanol–water partition coefficient (Wildman–Crippen LogP) is 6.12. The highest BCUT2D eigenvalue weighted by atomic mass is 35.5. The van der Waals surface area contributed by atoms with Crippen LogP contribution in [0.2, 0.25) is 5.02 Å². The number of ether oxygens (including phenoxy) is 1. The van der Waals surface area contributed by atoms with Gasteiger partial charge in [0.25, 0.3) is 0 Å². The molecule has 0 bridgehead atoms. The van der Waals surface area contributed by atoms with E-state index in [1.165, 1.54) is 32.1 Å². The lowest BCUT2D eigenvalue weighted by Gasteiger charge is -2.23. The maximum atomic E-state index is 6.46. The average molecular weight is 394 g/mol. The zero-order valence-electron chi connectivity index (χ0n) is 15.8. The summed E-state index contributed by atoms with van der Waals surface area (Å²) in [6.07, 6.45) is 11.6. The molecule has 5 heteroatoms. The Balaban J connectivity index is 1.50. The molecule has 1 saturated carbocycles. The molecule has 0 radical (unpaired) electrons. The van der Waals surface area contributed by atoms with Gasteiger partial charge in [-0.1, -0.05) is 43.0 Å². The van der Waals surface area contributed by atoms with Gasteiger partial charge in [0, 0.05) is 30.2 Å². The highest BCUT2D eigenvalue weighted by molar-refractivity contribution is 6.33. The molecule has 0 atom stereocenters. The number of anilines is 1. The molecule has 1 aliphatic carbocycles. The van der Waals surface area contributed by atoms with Gasteiger partial charge in [-0.15, -0.1) is 0 Å². The molecule has 1 aliphatic rings. The van der Waals surface area contributed by atoms with Crippen LogP contribution in [-0.2, 0) is 6.61 Å². The lowest BCUT2D eigenvalue weighted by atomic mass is 9.95. The van der Waals surface area contributed by atoms with Crippen molar-refractivity contribution >= 4 is 17.4 Å². The summed E-state index contributed by atoms with van der Waals surface area (Å²) < 4.78 is 5.94. The van der Waals surface area contributed by atoms with Crippen molar-refractivity contribution in [3.05, 3.63) is 71.6 Å². The molecule has 2 heterocycles. The van der Waals surface area contributed by atoms with Crippen LogP contribution < -0.4 is 10.1 Å². The van der Waals surface area contributed by atoms with Crippen LogP contribution in [0.3, 0.4) is 0 Å². The van der Waals surface area contributed by atoms with E-state index in [0.29, 0.717) is 17.7 Å². The SMILES string of the molecule is Clc1cnc(NC2CCCCC2)cc1-c1cccc(OCc2ccncc2)c1. The monoisotopic (exact) mass is 393 g/mol. The Bertz CT molecular complexity index is 911. The highest BCUT2D eigenvalue weighted by Gasteiger charge is 2.15. The van der Waals surface area contributed by atoms with E-state index >= 15 is 0 Å². The van der Waals surface area contributed by atoms with E-state index in [1.807, 2.05) is 42.5 Å². The van der Waals surface area contributed by atoms with Crippen molar-refractivity contribution in [2.24, 2.45) is 0 Å². The summed E-state index contributed by atoms with van der Waals surface area (Å²) in [6, 6.07) is 14.5. The topological polar surface area (TPSA) is 47.0 Å². The molecule has 2 aromatic heterocycles. The quantitative estimate of drug-likeness (QED) is 0.548. The third-order valence-electron chi connectivity index (χ3n) is 5.11. The van der Waals surface area contributed by atoms with E-state index < -0.39 is 0 Å². The maximum absolute atomic E-state index is 6.46. The van der Waals surface area contributed by atoms with Crippen LogP contribution in [0.5, 0.6) is 5.75 Å². The van der Waals surface area contributed by atoms with Crippen molar-refractivity contribution in [3.63, 3.8) is 0 Å². The molecule has 1 fully saturated rings. The molecule has 0 aliphatic heterocycles. The number of halogens is 1. The summed E-state index contributed by atoms with van der Waals surface area (Å²) in [4.78, 5) is 8.51. The third kappa shape index (κ3) is 4.82. The first-order chi connectivity index (χ1) is 13.8. The Kier molecular flexibility index (Phi) is 6.07. The predicted molar refractivity (Wildman–Crippen MR) is 114 cm³/mol. The highest BCUT2D eigenvalue weighted by Crippen LogP contribution is 2.32. The normalized spacial score (nSPS) is 14.6. The second-order valence-corrected chi connectivity index (χ2v) is 7.61. The second-order valence-electron chi connectivity index (χ2n) is 7.20. The van der Waals surface area contributed by atoms with E-state index in [1.54, 1.807) is 18.6 Å². The fourth-order valence-corrected chi connectivity index (χ4v) is 3.81. The lowest BCUT2D eigenvalue weighted by molar-refractivity contribution is 0.306. The number of benzene rings is 1. The van der Waals surface area contributed by atoms with Gasteiger partial charge in [-0.25, -0.2) is 4.98 Å². The van der Waals surface area contributed by atoms with Crippen LogP contribution in [0.4, 0.5) is 5.82 Å². The largest absolute Gasteiger partial charge is 0.489 e. The van der Waals surface area contributed by atoms with Gasteiger partial charge < -0.3 is 10.1 Å². The molecule has 28 heavy (non-hydrogen) atoms. The van der Waals surface area contributed by atoms with Gasteiger partial charge in [0.15, 0.2) is 0 Å². The van der Waals surface area contributed by atoms with Gasteiger partial charge in [0.2, 0.25) is 0 Å². The Morgan fingerprint density at radius 3 is 2.68 bits per heavy atom. The summed E-state index contributed by atoms with van der Waals surface area (Å²) in [6.45, 7) is 0.505. The minimum absolute atomic E-state index is 0.505. The molecule has 4 nitrogen and oxygen atoms in total. The number of hydrogen-bond acceptors (Lipinski definition) is 4. The molecule has 0 saturated heterocycles. The van der Waals surface area contributed by atoms with Gasteiger partial charge >= 0.3 is 0 Å². The van der Waals surface area contributed by atoms with Crippen LogP contribution in [0.25, 0.3) is 11.1 Å². The zero-order chi connectivity index (χ0) is 19.2. The van der Waals surface area contributed by atoms with Gasteiger partial charge in [-0.05, 0) is 54.3 Å². The van der Waals surface area contributed by atoms with E-state index in [2.05, 4.69) is 15.3 Å². The standard InChI is InChI=1S/C23H24ClN3O/c24-22-15-26-23(27-19-6-2-1-3-7-19)14-21(22)18-5-4-8-20(13-18)28-16-17-9-11-25-12-10-17/h4-5,8-15,19H,1-3,6-7,16H2,(H,26,27). The molecular weight excluding hydrogens is 370 g/mol. The Labute approximate surface area is 171 Å².